The molecule has 0 saturated carbocycles. The molecule has 0 radical (unpaired) electrons. The maximum atomic E-state index is 5.25. The van der Waals surface area contributed by atoms with Crippen LogP contribution >= 0.6 is 12.6 Å². The molecule has 18 heavy (non-hydrogen) atoms. The van der Waals surface area contributed by atoms with Crippen molar-refractivity contribution in [3.05, 3.63) is 36.0 Å². The molecule has 0 spiro atoms. The maximum absolute atomic E-state index is 5.25. The Labute approximate surface area is 111 Å². The second-order valence-electron chi connectivity index (χ2n) is 3.77. The van der Waals surface area contributed by atoms with Gasteiger partial charge in [0.1, 0.15) is 23.2 Å². The van der Waals surface area contributed by atoms with Gasteiger partial charge in [0.05, 0.1) is 12.8 Å². The summed E-state index contributed by atoms with van der Waals surface area (Å²) in [6.45, 7) is 3.25. The maximum Gasteiger partial charge on any atom is 0.132 e. The molecule has 2 heterocycles. The van der Waals surface area contributed by atoms with Crippen LogP contribution < -0.4 is 10.6 Å². The second-order valence-corrected chi connectivity index (χ2v) is 4.22. The molecule has 0 aliphatic rings. The van der Waals surface area contributed by atoms with Crippen LogP contribution in [0, 0.1) is 6.92 Å². The molecule has 0 aromatic carbocycles. The van der Waals surface area contributed by atoms with E-state index in [4.69, 9.17) is 4.42 Å². The molecule has 5 nitrogen and oxygen atoms in total. The highest BCUT2D eigenvalue weighted by Gasteiger charge is 2.02. The van der Waals surface area contributed by atoms with Gasteiger partial charge in [-0.25, -0.2) is 9.97 Å². The van der Waals surface area contributed by atoms with Crippen molar-refractivity contribution in [1.29, 1.82) is 0 Å². The van der Waals surface area contributed by atoms with Crippen LogP contribution in [-0.2, 0) is 6.54 Å². The fourth-order valence-corrected chi connectivity index (χ4v) is 1.64. The van der Waals surface area contributed by atoms with Gasteiger partial charge < -0.3 is 15.1 Å². The largest absolute Gasteiger partial charge is 0.467 e. The lowest BCUT2D eigenvalue weighted by molar-refractivity contribution is 0.518. The predicted octanol–water partition coefficient (Wildman–Crippen LogP) is 2.33. The third-order valence-corrected chi connectivity index (χ3v) is 2.50. The van der Waals surface area contributed by atoms with E-state index in [0.717, 1.165) is 35.5 Å². The number of aromatic nitrogens is 2. The lowest BCUT2D eigenvalue weighted by atomic mass is 10.4. The molecule has 0 atom stereocenters. The van der Waals surface area contributed by atoms with Crippen LogP contribution in [0.3, 0.4) is 0 Å². The van der Waals surface area contributed by atoms with Gasteiger partial charge in [0.15, 0.2) is 0 Å². The molecule has 6 heteroatoms. The molecule has 0 unspecified atom stereocenters. The summed E-state index contributed by atoms with van der Waals surface area (Å²) in [7, 11) is 0. The summed E-state index contributed by atoms with van der Waals surface area (Å²) in [5, 5.41) is 6.38. The first kappa shape index (κ1) is 12.8. The molecular formula is C12H16N4OS. The monoisotopic (exact) mass is 264 g/mol. The third kappa shape index (κ3) is 3.66. The van der Waals surface area contributed by atoms with Crippen LogP contribution in [0.15, 0.2) is 28.9 Å². The molecule has 0 amide bonds. The Bertz CT molecular complexity index is 487. The number of anilines is 2. The fourth-order valence-electron chi connectivity index (χ4n) is 1.52. The summed E-state index contributed by atoms with van der Waals surface area (Å²) in [5.41, 5.74) is 0. The quantitative estimate of drug-likeness (QED) is 0.699. The van der Waals surface area contributed by atoms with Gasteiger partial charge in [-0.15, -0.1) is 0 Å². The van der Waals surface area contributed by atoms with Crippen molar-refractivity contribution < 1.29 is 4.42 Å². The molecular weight excluding hydrogens is 248 g/mol. The minimum absolute atomic E-state index is 0.607. The van der Waals surface area contributed by atoms with Gasteiger partial charge in [-0.3, -0.25) is 0 Å². The third-order valence-electron chi connectivity index (χ3n) is 2.28. The van der Waals surface area contributed by atoms with Crippen molar-refractivity contribution in [2.24, 2.45) is 0 Å². The first-order valence-electron chi connectivity index (χ1n) is 5.74. The Hall–Kier alpha value is -1.69. The zero-order valence-electron chi connectivity index (χ0n) is 10.2. The average Bonchev–Trinajstić information content (AvgIpc) is 2.86. The van der Waals surface area contributed by atoms with Gasteiger partial charge in [-0.2, -0.15) is 12.6 Å². The summed E-state index contributed by atoms with van der Waals surface area (Å²) < 4.78 is 5.25. The number of rotatable bonds is 6. The Kier molecular flexibility index (Phi) is 4.46. The van der Waals surface area contributed by atoms with Gasteiger partial charge in [0.25, 0.3) is 0 Å². The van der Waals surface area contributed by atoms with Gasteiger partial charge in [-0.05, 0) is 19.1 Å². The molecule has 2 aromatic rings. The van der Waals surface area contributed by atoms with E-state index in [1.165, 1.54) is 0 Å². The van der Waals surface area contributed by atoms with E-state index in [2.05, 4.69) is 33.2 Å². The normalized spacial score (nSPS) is 10.3. The average molecular weight is 264 g/mol. The molecule has 0 fully saturated rings. The zero-order valence-corrected chi connectivity index (χ0v) is 11.1. The zero-order chi connectivity index (χ0) is 12.8. The molecule has 2 aromatic heterocycles. The number of thiol groups is 1. The summed E-state index contributed by atoms with van der Waals surface area (Å²) in [6, 6.07) is 5.66. The van der Waals surface area contributed by atoms with E-state index >= 15 is 0 Å². The highest BCUT2D eigenvalue weighted by molar-refractivity contribution is 7.80. The van der Waals surface area contributed by atoms with Crippen LogP contribution in [0.2, 0.25) is 0 Å². The summed E-state index contributed by atoms with van der Waals surface area (Å²) in [5.74, 6) is 3.94. The predicted molar refractivity (Wildman–Crippen MR) is 75.1 cm³/mol. The van der Waals surface area contributed by atoms with Crippen LogP contribution in [0.1, 0.15) is 11.6 Å². The van der Waals surface area contributed by atoms with Crippen LogP contribution in [0.4, 0.5) is 11.6 Å². The number of furan rings is 1. The minimum Gasteiger partial charge on any atom is -0.467 e. The van der Waals surface area contributed by atoms with Crippen molar-refractivity contribution in [1.82, 2.24) is 9.97 Å². The molecule has 0 saturated heterocycles. The Morgan fingerprint density at radius 3 is 2.72 bits per heavy atom. The molecule has 0 aliphatic heterocycles. The lowest BCUT2D eigenvalue weighted by Crippen LogP contribution is -2.08. The summed E-state index contributed by atoms with van der Waals surface area (Å²) in [6.07, 6.45) is 1.65. The first-order valence-corrected chi connectivity index (χ1v) is 6.38. The minimum atomic E-state index is 0.607. The van der Waals surface area contributed by atoms with Crippen molar-refractivity contribution in [3.63, 3.8) is 0 Å². The summed E-state index contributed by atoms with van der Waals surface area (Å²) >= 11 is 4.15. The van der Waals surface area contributed by atoms with E-state index < -0.39 is 0 Å². The van der Waals surface area contributed by atoms with Crippen LogP contribution in [-0.4, -0.2) is 22.3 Å². The van der Waals surface area contributed by atoms with E-state index in [0.29, 0.717) is 6.54 Å². The van der Waals surface area contributed by atoms with Crippen molar-refractivity contribution in [2.45, 2.75) is 13.5 Å². The molecule has 0 bridgehead atoms. The SMILES string of the molecule is Cc1nc(NCCS)cc(NCc2ccco2)n1. The molecule has 0 aliphatic carbocycles. The Balaban J connectivity index is 2.00. The van der Waals surface area contributed by atoms with E-state index in [9.17, 15) is 0 Å². The first-order chi connectivity index (χ1) is 8.78. The second kappa shape index (κ2) is 6.30. The standard InChI is InChI=1S/C12H16N4OS/c1-9-15-11(13-4-6-18)7-12(16-9)14-8-10-3-2-5-17-10/h2-3,5,7,18H,4,6,8H2,1H3,(H2,13,14,15,16). The van der Waals surface area contributed by atoms with Crippen LogP contribution in [0.5, 0.6) is 0 Å². The highest BCUT2D eigenvalue weighted by atomic mass is 32.1. The lowest BCUT2D eigenvalue weighted by Gasteiger charge is -2.08. The molecule has 2 N–H and O–H groups in total. The van der Waals surface area contributed by atoms with E-state index in [1.54, 1.807) is 6.26 Å². The van der Waals surface area contributed by atoms with Gasteiger partial charge >= 0.3 is 0 Å². The molecule has 2 rings (SSSR count). The topological polar surface area (TPSA) is 63.0 Å². The Morgan fingerprint density at radius 1 is 1.28 bits per heavy atom. The number of nitrogens with one attached hydrogen (secondary N) is 2. The van der Waals surface area contributed by atoms with Gasteiger partial charge in [-0.1, -0.05) is 0 Å². The highest BCUT2D eigenvalue weighted by Crippen LogP contribution is 2.12. The van der Waals surface area contributed by atoms with Crippen molar-refractivity contribution in [2.75, 3.05) is 22.9 Å². The summed E-state index contributed by atoms with van der Waals surface area (Å²) in [4.78, 5) is 8.62. The fraction of sp³-hybridized carbons (Fsp3) is 0.333. The van der Waals surface area contributed by atoms with Gasteiger partial charge in [0.2, 0.25) is 0 Å². The van der Waals surface area contributed by atoms with E-state index in [-0.39, 0.29) is 0 Å². The number of hydrogen-bond acceptors (Lipinski definition) is 6. The van der Waals surface area contributed by atoms with Gasteiger partial charge in [0, 0.05) is 18.4 Å². The number of nitrogens with zero attached hydrogens (tertiary/aromatic N) is 2. The smallest absolute Gasteiger partial charge is 0.132 e. The van der Waals surface area contributed by atoms with Crippen LogP contribution in [0.25, 0.3) is 0 Å². The Morgan fingerprint density at radius 2 is 2.06 bits per heavy atom. The number of aryl methyl sites for hydroxylation is 1. The van der Waals surface area contributed by atoms with Crippen molar-refractivity contribution in [3.8, 4) is 0 Å². The van der Waals surface area contributed by atoms with Crippen molar-refractivity contribution >= 4 is 24.3 Å². The molecule has 96 valence electrons. The number of hydrogen-bond donors (Lipinski definition) is 3. The van der Waals surface area contributed by atoms with E-state index in [1.807, 2.05) is 25.1 Å².